The number of fused-ring (bicyclic) bond motifs is 1. The molecule has 0 radical (unpaired) electrons. The highest BCUT2D eigenvalue weighted by Gasteiger charge is 2.20. The summed E-state index contributed by atoms with van der Waals surface area (Å²) in [6.07, 6.45) is 2.17. The van der Waals surface area contributed by atoms with E-state index < -0.39 is 0 Å². The maximum atomic E-state index is 6.13. The topological polar surface area (TPSA) is 59.6 Å². The van der Waals surface area contributed by atoms with Crippen molar-refractivity contribution in [2.45, 2.75) is 5.92 Å². The lowest BCUT2D eigenvalue weighted by molar-refractivity contribution is 0.779. The molecule has 2 aromatic carbocycles. The second kappa shape index (κ2) is 5.98. The van der Waals surface area contributed by atoms with Gasteiger partial charge in [0, 0.05) is 47.9 Å². The molecular formula is C20H20N4. The van der Waals surface area contributed by atoms with Crippen LogP contribution in [-0.4, -0.2) is 21.3 Å². The Morgan fingerprint density at radius 3 is 2.62 bits per heavy atom. The summed E-state index contributed by atoms with van der Waals surface area (Å²) in [5, 5.41) is 8.91. The number of aromatic nitrogens is 3. The molecule has 0 aliphatic rings. The third-order valence-electron chi connectivity index (χ3n) is 4.58. The van der Waals surface area contributed by atoms with E-state index in [0.717, 1.165) is 17.0 Å². The van der Waals surface area contributed by atoms with Crippen molar-refractivity contribution in [2.24, 2.45) is 12.8 Å². The highest BCUT2D eigenvalue weighted by molar-refractivity contribution is 5.85. The van der Waals surface area contributed by atoms with Gasteiger partial charge < -0.3 is 10.3 Å². The predicted octanol–water partition coefficient (Wildman–Crippen LogP) is 3.66. The number of nitrogens with two attached hydrogens (primary N) is 1. The lowest BCUT2D eigenvalue weighted by atomic mass is 9.95. The zero-order valence-corrected chi connectivity index (χ0v) is 13.6. The van der Waals surface area contributed by atoms with Crippen molar-refractivity contribution >= 4 is 10.9 Å². The number of hydrogen-bond donors (Lipinski definition) is 2. The number of para-hydroxylation sites is 1. The van der Waals surface area contributed by atoms with Crippen LogP contribution in [0.2, 0.25) is 0 Å². The van der Waals surface area contributed by atoms with E-state index in [1.54, 1.807) is 0 Å². The van der Waals surface area contributed by atoms with Gasteiger partial charge in [-0.25, -0.2) is 0 Å². The predicted molar refractivity (Wildman–Crippen MR) is 97.8 cm³/mol. The van der Waals surface area contributed by atoms with Crippen LogP contribution in [0, 0.1) is 0 Å². The van der Waals surface area contributed by atoms with Gasteiger partial charge in [-0.15, -0.1) is 0 Å². The van der Waals surface area contributed by atoms with Crippen LogP contribution in [0.25, 0.3) is 22.2 Å². The summed E-state index contributed by atoms with van der Waals surface area (Å²) >= 11 is 0. The number of benzene rings is 2. The van der Waals surface area contributed by atoms with Gasteiger partial charge in [-0.2, -0.15) is 5.10 Å². The summed E-state index contributed by atoms with van der Waals surface area (Å²) in [5.41, 5.74) is 11.7. The Bertz CT molecular complexity index is 966. The van der Waals surface area contributed by atoms with Gasteiger partial charge >= 0.3 is 0 Å². The van der Waals surface area contributed by atoms with Gasteiger partial charge in [-0.05, 0) is 17.7 Å². The third-order valence-corrected chi connectivity index (χ3v) is 4.58. The summed E-state index contributed by atoms with van der Waals surface area (Å²) in [6, 6.07) is 20.7. The van der Waals surface area contributed by atoms with Crippen molar-refractivity contribution in [3.8, 4) is 11.3 Å². The van der Waals surface area contributed by atoms with Crippen molar-refractivity contribution in [1.29, 1.82) is 0 Å². The first kappa shape index (κ1) is 14.7. The maximum absolute atomic E-state index is 6.13. The minimum absolute atomic E-state index is 0.0982. The molecule has 120 valence electrons. The molecule has 1 atom stereocenters. The quantitative estimate of drug-likeness (QED) is 0.603. The molecule has 4 rings (SSSR count). The standard InChI is InChI=1S/C20H20N4/c1-24-13-17(15-9-5-6-10-20(15)24)16(12-21)19-11-18(22-23-19)14-7-3-2-4-8-14/h2-11,13,16H,12,21H2,1H3,(H,22,23). The van der Waals surface area contributed by atoms with E-state index in [-0.39, 0.29) is 5.92 Å². The minimum Gasteiger partial charge on any atom is -0.350 e. The van der Waals surface area contributed by atoms with E-state index in [9.17, 15) is 0 Å². The van der Waals surface area contributed by atoms with E-state index >= 15 is 0 Å². The number of rotatable bonds is 4. The zero-order chi connectivity index (χ0) is 16.5. The van der Waals surface area contributed by atoms with Crippen LogP contribution in [0.5, 0.6) is 0 Å². The van der Waals surface area contributed by atoms with Crippen molar-refractivity contribution in [2.75, 3.05) is 6.54 Å². The van der Waals surface area contributed by atoms with Crippen molar-refractivity contribution < 1.29 is 0 Å². The monoisotopic (exact) mass is 316 g/mol. The van der Waals surface area contributed by atoms with Crippen LogP contribution in [0.4, 0.5) is 0 Å². The van der Waals surface area contributed by atoms with E-state index in [0.29, 0.717) is 6.54 Å². The van der Waals surface area contributed by atoms with E-state index in [4.69, 9.17) is 5.73 Å². The fourth-order valence-electron chi connectivity index (χ4n) is 3.34. The molecule has 0 aliphatic heterocycles. The summed E-state index contributed by atoms with van der Waals surface area (Å²) in [4.78, 5) is 0. The highest BCUT2D eigenvalue weighted by atomic mass is 15.1. The number of H-pyrrole nitrogens is 1. The third kappa shape index (κ3) is 2.41. The molecule has 0 saturated carbocycles. The Morgan fingerprint density at radius 2 is 1.83 bits per heavy atom. The lowest BCUT2D eigenvalue weighted by Crippen LogP contribution is -2.14. The van der Waals surface area contributed by atoms with Gasteiger partial charge in [-0.3, -0.25) is 5.10 Å². The number of aryl methyl sites for hydroxylation is 1. The fraction of sp³-hybridized carbons (Fsp3) is 0.150. The molecule has 1 unspecified atom stereocenters. The van der Waals surface area contributed by atoms with E-state index in [1.807, 2.05) is 18.2 Å². The van der Waals surface area contributed by atoms with E-state index in [1.165, 1.54) is 16.5 Å². The SMILES string of the molecule is Cn1cc(C(CN)c2cc(-c3ccccc3)n[nH]2)c2ccccc21. The van der Waals surface area contributed by atoms with Crippen LogP contribution in [-0.2, 0) is 7.05 Å². The molecule has 0 fully saturated rings. The van der Waals surface area contributed by atoms with Crippen LogP contribution >= 0.6 is 0 Å². The van der Waals surface area contributed by atoms with Crippen molar-refractivity contribution in [3.05, 3.63) is 78.1 Å². The molecule has 0 bridgehead atoms. The van der Waals surface area contributed by atoms with E-state index in [2.05, 4.69) is 70.5 Å². The van der Waals surface area contributed by atoms with Crippen LogP contribution in [0.3, 0.4) is 0 Å². The first-order valence-corrected chi connectivity index (χ1v) is 8.12. The number of nitrogens with one attached hydrogen (secondary N) is 1. The molecule has 0 saturated heterocycles. The molecule has 4 heteroatoms. The van der Waals surface area contributed by atoms with Gasteiger partial charge in [0.1, 0.15) is 0 Å². The second-order valence-corrected chi connectivity index (χ2v) is 6.08. The maximum Gasteiger partial charge on any atom is 0.0923 e. The lowest BCUT2D eigenvalue weighted by Gasteiger charge is -2.11. The summed E-state index contributed by atoms with van der Waals surface area (Å²) in [6.45, 7) is 0.532. The molecule has 2 heterocycles. The molecule has 2 aromatic heterocycles. The van der Waals surface area contributed by atoms with Gasteiger partial charge in [0.05, 0.1) is 5.69 Å². The zero-order valence-electron chi connectivity index (χ0n) is 13.6. The molecule has 4 nitrogen and oxygen atoms in total. The highest BCUT2D eigenvalue weighted by Crippen LogP contribution is 2.32. The molecule has 3 N–H and O–H groups in total. The van der Waals surface area contributed by atoms with Gasteiger partial charge in [0.15, 0.2) is 0 Å². The Hall–Kier alpha value is -2.85. The molecule has 24 heavy (non-hydrogen) atoms. The number of hydrogen-bond acceptors (Lipinski definition) is 2. The average Bonchev–Trinajstić information content (AvgIpc) is 3.23. The summed E-state index contributed by atoms with van der Waals surface area (Å²) in [7, 11) is 2.07. The van der Waals surface area contributed by atoms with Crippen LogP contribution < -0.4 is 5.73 Å². The Morgan fingerprint density at radius 1 is 1.08 bits per heavy atom. The van der Waals surface area contributed by atoms with Gasteiger partial charge in [0.2, 0.25) is 0 Å². The van der Waals surface area contributed by atoms with Crippen molar-refractivity contribution in [1.82, 2.24) is 14.8 Å². The van der Waals surface area contributed by atoms with Crippen LogP contribution in [0.15, 0.2) is 66.9 Å². The van der Waals surface area contributed by atoms with Gasteiger partial charge in [-0.1, -0.05) is 48.5 Å². The Kier molecular flexibility index (Phi) is 3.67. The molecule has 4 aromatic rings. The average molecular weight is 316 g/mol. The van der Waals surface area contributed by atoms with Crippen LogP contribution in [0.1, 0.15) is 17.2 Å². The largest absolute Gasteiger partial charge is 0.350 e. The first-order chi connectivity index (χ1) is 11.8. The molecule has 0 amide bonds. The molecule has 0 aliphatic carbocycles. The Balaban J connectivity index is 1.78. The first-order valence-electron chi connectivity index (χ1n) is 8.12. The minimum atomic E-state index is 0.0982. The number of nitrogens with zero attached hydrogens (tertiary/aromatic N) is 2. The normalized spacial score (nSPS) is 12.6. The van der Waals surface area contributed by atoms with Crippen molar-refractivity contribution in [3.63, 3.8) is 0 Å². The fourth-order valence-corrected chi connectivity index (χ4v) is 3.34. The molecular weight excluding hydrogens is 296 g/mol. The summed E-state index contributed by atoms with van der Waals surface area (Å²) in [5.74, 6) is 0.0982. The smallest absolute Gasteiger partial charge is 0.0923 e. The Labute approximate surface area is 140 Å². The molecule has 0 spiro atoms. The van der Waals surface area contributed by atoms with Gasteiger partial charge in [0.25, 0.3) is 0 Å². The second-order valence-electron chi connectivity index (χ2n) is 6.08. The summed E-state index contributed by atoms with van der Waals surface area (Å²) < 4.78 is 2.15. The number of aromatic amines is 1.